The maximum Gasteiger partial charge on any atom is 0.249 e. The second-order valence-corrected chi connectivity index (χ2v) is 22.5. The van der Waals surface area contributed by atoms with Gasteiger partial charge in [-0.3, -0.25) is 4.79 Å². The molecular formula is C63H121NO10. The van der Waals surface area contributed by atoms with Crippen molar-refractivity contribution in [1.29, 1.82) is 0 Å². The van der Waals surface area contributed by atoms with Gasteiger partial charge in [-0.25, -0.2) is 0 Å². The maximum atomic E-state index is 13.1. The number of allylic oxidation sites excluding steroid dienone is 4. The molecule has 1 fully saturated rings. The molecule has 9 unspecified atom stereocenters. The Kier molecular flexibility index (Phi) is 49.9. The van der Waals surface area contributed by atoms with Crippen LogP contribution in [0.3, 0.4) is 0 Å². The predicted molar refractivity (Wildman–Crippen MR) is 307 cm³/mol. The van der Waals surface area contributed by atoms with Gasteiger partial charge in [0.1, 0.15) is 36.6 Å². The average Bonchev–Trinajstić information content (AvgIpc) is 3.40. The zero-order valence-corrected chi connectivity index (χ0v) is 48.1. The van der Waals surface area contributed by atoms with Crippen molar-refractivity contribution in [2.24, 2.45) is 0 Å². The van der Waals surface area contributed by atoms with Gasteiger partial charge in [0.2, 0.25) is 5.91 Å². The molecule has 0 aromatic carbocycles. The molecule has 11 heteroatoms. The van der Waals surface area contributed by atoms with Crippen molar-refractivity contribution < 1.29 is 50.0 Å². The predicted octanol–water partition coefficient (Wildman–Crippen LogP) is 14.1. The number of aliphatic hydroxyl groups is 7. The topological polar surface area (TPSA) is 189 Å². The number of carbonyl (C=O) groups is 1. The first-order valence-electron chi connectivity index (χ1n) is 31.7. The van der Waals surface area contributed by atoms with Crippen LogP contribution in [0, 0.1) is 0 Å². The van der Waals surface area contributed by atoms with Crippen LogP contribution in [0.4, 0.5) is 0 Å². The molecule has 0 spiro atoms. The summed E-state index contributed by atoms with van der Waals surface area (Å²) in [6, 6.07) is -1.16. The Morgan fingerprint density at radius 1 is 0.473 bits per heavy atom. The number of hydrogen-bond acceptors (Lipinski definition) is 10. The molecule has 9 atom stereocenters. The molecule has 11 nitrogen and oxygen atoms in total. The van der Waals surface area contributed by atoms with Gasteiger partial charge in [0.15, 0.2) is 6.29 Å². The highest BCUT2D eigenvalue weighted by atomic mass is 16.7. The van der Waals surface area contributed by atoms with E-state index in [0.717, 1.165) is 44.9 Å². The number of carbonyl (C=O) groups excluding carboxylic acids is 1. The summed E-state index contributed by atoms with van der Waals surface area (Å²) in [5, 5.41) is 75.8. The third-order valence-electron chi connectivity index (χ3n) is 15.5. The lowest BCUT2D eigenvalue weighted by Gasteiger charge is -2.40. The molecule has 0 aromatic heterocycles. The second kappa shape index (κ2) is 52.3. The lowest BCUT2D eigenvalue weighted by Crippen LogP contribution is -2.60. The van der Waals surface area contributed by atoms with E-state index in [0.29, 0.717) is 19.3 Å². The molecular weight excluding hydrogens is 931 g/mol. The van der Waals surface area contributed by atoms with Crippen molar-refractivity contribution in [3.8, 4) is 0 Å². The van der Waals surface area contributed by atoms with Gasteiger partial charge in [0, 0.05) is 0 Å². The number of hydrogen-bond donors (Lipinski definition) is 8. The quantitative estimate of drug-likeness (QED) is 0.0215. The highest BCUT2D eigenvalue weighted by Crippen LogP contribution is 2.24. The van der Waals surface area contributed by atoms with Crippen molar-refractivity contribution >= 4 is 5.91 Å². The van der Waals surface area contributed by atoms with Crippen LogP contribution in [-0.2, 0) is 14.3 Å². The van der Waals surface area contributed by atoms with Crippen LogP contribution in [0.2, 0.25) is 0 Å². The molecule has 0 radical (unpaired) electrons. The fourth-order valence-corrected chi connectivity index (χ4v) is 10.4. The minimum atomic E-state index is -1.66. The molecule has 8 N–H and O–H groups in total. The number of aliphatic hydroxyl groups excluding tert-OH is 7. The molecule has 0 aliphatic carbocycles. The highest BCUT2D eigenvalue weighted by molar-refractivity contribution is 5.80. The summed E-state index contributed by atoms with van der Waals surface area (Å²) in [7, 11) is 0. The van der Waals surface area contributed by atoms with Gasteiger partial charge in [0.05, 0.1) is 25.4 Å². The lowest BCUT2D eigenvalue weighted by atomic mass is 9.98. The smallest absolute Gasteiger partial charge is 0.249 e. The maximum absolute atomic E-state index is 13.1. The van der Waals surface area contributed by atoms with E-state index in [1.807, 2.05) is 0 Å². The fraction of sp³-hybridized carbons (Fsp3) is 0.921. The monoisotopic (exact) mass is 1050 g/mol. The van der Waals surface area contributed by atoms with Crippen molar-refractivity contribution in [2.75, 3.05) is 13.2 Å². The standard InChI is InChI=1S/C63H121NO10/c1-3-5-7-9-11-13-14-15-16-17-18-19-20-21-22-23-24-25-26-27-28-29-30-31-32-33-34-35-36-37-38-39-40-41-43-45-47-49-51-56(67)62(72)64-54(53-73-63-61(71)60(70)59(69)57(52-65)74-63)58(68)55(66)50-48-46-44-42-12-10-8-6-4-2/h24-25,27-28,54-61,63,65-71H,3-23,26,29-53H2,1-2H3,(H,64,72)/b25-24-,28-27-. The Balaban J connectivity index is 2.08. The summed E-state index contributed by atoms with van der Waals surface area (Å²) in [5.74, 6) is -0.695. The molecule has 438 valence electrons. The molecule has 0 saturated carbocycles. The van der Waals surface area contributed by atoms with Gasteiger partial charge in [-0.2, -0.15) is 0 Å². The summed E-state index contributed by atoms with van der Waals surface area (Å²) in [4.78, 5) is 13.1. The summed E-state index contributed by atoms with van der Waals surface area (Å²) >= 11 is 0. The molecule has 1 heterocycles. The minimum absolute atomic E-state index is 0.262. The molecule has 1 aliphatic rings. The summed E-state index contributed by atoms with van der Waals surface area (Å²) in [6.45, 7) is 3.44. The molecule has 74 heavy (non-hydrogen) atoms. The summed E-state index contributed by atoms with van der Waals surface area (Å²) < 4.78 is 11.1. The average molecular weight is 1050 g/mol. The largest absolute Gasteiger partial charge is 0.394 e. The Morgan fingerprint density at radius 3 is 1.20 bits per heavy atom. The van der Waals surface area contributed by atoms with Crippen LogP contribution >= 0.6 is 0 Å². The number of ether oxygens (including phenoxy) is 2. The van der Waals surface area contributed by atoms with Crippen molar-refractivity contribution in [3.05, 3.63) is 24.3 Å². The zero-order valence-electron chi connectivity index (χ0n) is 48.1. The van der Waals surface area contributed by atoms with Gasteiger partial charge < -0.3 is 50.5 Å². The zero-order chi connectivity index (χ0) is 54.0. The van der Waals surface area contributed by atoms with Crippen LogP contribution < -0.4 is 5.32 Å². The van der Waals surface area contributed by atoms with E-state index in [2.05, 4.69) is 43.5 Å². The normalized spacial score (nSPS) is 19.9. The van der Waals surface area contributed by atoms with Gasteiger partial charge in [-0.05, 0) is 44.9 Å². The van der Waals surface area contributed by atoms with Crippen molar-refractivity contribution in [2.45, 2.75) is 358 Å². The lowest BCUT2D eigenvalue weighted by molar-refractivity contribution is -0.303. The van der Waals surface area contributed by atoms with Crippen LogP contribution in [0.15, 0.2) is 24.3 Å². The van der Waals surface area contributed by atoms with E-state index in [1.165, 1.54) is 218 Å². The van der Waals surface area contributed by atoms with E-state index in [4.69, 9.17) is 9.47 Å². The van der Waals surface area contributed by atoms with E-state index >= 15 is 0 Å². The number of amides is 1. The summed E-state index contributed by atoms with van der Waals surface area (Å²) in [6.07, 6.45) is 53.0. The van der Waals surface area contributed by atoms with E-state index < -0.39 is 74.2 Å². The molecule has 1 amide bonds. The van der Waals surface area contributed by atoms with Gasteiger partial charge in [-0.1, -0.05) is 282 Å². The van der Waals surface area contributed by atoms with Gasteiger partial charge >= 0.3 is 0 Å². The van der Waals surface area contributed by atoms with E-state index in [-0.39, 0.29) is 6.42 Å². The van der Waals surface area contributed by atoms with Gasteiger partial charge in [-0.15, -0.1) is 0 Å². The van der Waals surface area contributed by atoms with Crippen LogP contribution in [-0.4, -0.2) is 110 Å². The Bertz CT molecular complexity index is 1250. The van der Waals surface area contributed by atoms with E-state index in [9.17, 15) is 40.5 Å². The molecule has 0 aromatic rings. The first-order chi connectivity index (χ1) is 36.2. The first-order valence-corrected chi connectivity index (χ1v) is 31.7. The van der Waals surface area contributed by atoms with Gasteiger partial charge in [0.25, 0.3) is 0 Å². The number of unbranched alkanes of at least 4 members (excludes halogenated alkanes) is 39. The van der Waals surface area contributed by atoms with E-state index in [1.54, 1.807) is 0 Å². The Hall–Kier alpha value is -1.41. The fourth-order valence-electron chi connectivity index (χ4n) is 10.4. The van der Waals surface area contributed by atoms with Crippen LogP contribution in [0.1, 0.15) is 303 Å². The SMILES string of the molecule is CCCCCCCCCCCCCCCCC/C=C\C/C=C\CCCCCCCCCCCCCCCCCCC(O)C(=O)NC(COC1OC(CO)C(O)C(O)C1O)C(O)C(O)CCCCCCCCCCC. The highest BCUT2D eigenvalue weighted by Gasteiger charge is 2.44. The molecule has 1 aliphatic heterocycles. The Morgan fingerprint density at radius 2 is 0.824 bits per heavy atom. The van der Waals surface area contributed by atoms with Crippen molar-refractivity contribution in [3.63, 3.8) is 0 Å². The molecule has 0 bridgehead atoms. The minimum Gasteiger partial charge on any atom is -0.394 e. The summed E-state index contributed by atoms with van der Waals surface area (Å²) in [5.41, 5.74) is 0. The number of nitrogens with one attached hydrogen (secondary N) is 1. The molecule has 1 saturated heterocycles. The number of rotatable bonds is 55. The van der Waals surface area contributed by atoms with Crippen LogP contribution in [0.5, 0.6) is 0 Å². The first kappa shape index (κ1) is 70.6. The second-order valence-electron chi connectivity index (χ2n) is 22.5. The Labute approximate surface area is 454 Å². The van der Waals surface area contributed by atoms with Crippen molar-refractivity contribution in [1.82, 2.24) is 5.32 Å². The third-order valence-corrected chi connectivity index (χ3v) is 15.5. The third kappa shape index (κ3) is 39.9. The van der Waals surface area contributed by atoms with Crippen LogP contribution in [0.25, 0.3) is 0 Å². The molecule has 1 rings (SSSR count).